The highest BCUT2D eigenvalue weighted by Crippen LogP contribution is 2.42. The Morgan fingerprint density at radius 1 is 1.11 bits per heavy atom. The fourth-order valence-electron chi connectivity index (χ4n) is 3.30. The second-order valence-electron chi connectivity index (χ2n) is 6.79. The summed E-state index contributed by atoms with van der Waals surface area (Å²) in [6.45, 7) is 5.88. The Morgan fingerprint density at radius 2 is 1.68 bits per heavy atom. The summed E-state index contributed by atoms with van der Waals surface area (Å²) in [5.74, 6) is -1.97. The summed E-state index contributed by atoms with van der Waals surface area (Å²) in [5.41, 5.74) is 3.86. The van der Waals surface area contributed by atoms with Gasteiger partial charge in [-0.05, 0) is 26.3 Å². The largest absolute Gasteiger partial charge is 0.463 e. The van der Waals surface area contributed by atoms with Crippen LogP contribution in [0.4, 0.5) is 0 Å². The van der Waals surface area contributed by atoms with E-state index < -0.39 is 17.8 Å². The Morgan fingerprint density at radius 3 is 2.21 bits per heavy atom. The van der Waals surface area contributed by atoms with E-state index in [4.69, 9.17) is 14.9 Å². The van der Waals surface area contributed by atoms with E-state index in [1.807, 2.05) is 62.4 Å². The van der Waals surface area contributed by atoms with Gasteiger partial charge in [-0.15, -0.1) is 0 Å². The molecule has 0 radical (unpaired) electrons. The van der Waals surface area contributed by atoms with Crippen LogP contribution in [0.1, 0.15) is 35.1 Å². The maximum Gasteiger partial charge on any atom is 0.338 e. The van der Waals surface area contributed by atoms with Gasteiger partial charge in [-0.1, -0.05) is 59.7 Å². The molecule has 28 heavy (non-hydrogen) atoms. The van der Waals surface area contributed by atoms with Crippen molar-refractivity contribution < 1.29 is 14.3 Å². The molecule has 2 aromatic rings. The third-order valence-electron chi connectivity index (χ3n) is 4.77. The molecule has 5 heteroatoms. The molecule has 142 valence electrons. The zero-order valence-corrected chi connectivity index (χ0v) is 16.2. The number of carbonyl (C=O) groups excluding carboxylic acids is 1. The summed E-state index contributed by atoms with van der Waals surface area (Å²) in [5, 5.41) is 18.0. The number of nitrogens with zero attached hydrogens (tertiary/aromatic N) is 1. The standard InChI is InChI=1S/C23H22N2O3/c1-4-27-23(26)20-19(16-9-5-14(2)6-10-16)18(13-24)22(25)28-21(20)17-11-7-15(3)8-12-17/h5-12,18-19,25H,4H2,1-3H3. The summed E-state index contributed by atoms with van der Waals surface area (Å²) >= 11 is 0. The van der Waals surface area contributed by atoms with Crippen molar-refractivity contribution >= 4 is 17.6 Å². The molecule has 1 aliphatic heterocycles. The fraction of sp³-hybridized carbons (Fsp3) is 0.261. The Bertz CT molecular complexity index is 966. The molecule has 2 atom stereocenters. The molecule has 5 nitrogen and oxygen atoms in total. The van der Waals surface area contributed by atoms with Gasteiger partial charge in [0.1, 0.15) is 11.7 Å². The second-order valence-corrected chi connectivity index (χ2v) is 6.79. The maximum atomic E-state index is 12.9. The number of benzene rings is 2. The monoisotopic (exact) mass is 374 g/mol. The van der Waals surface area contributed by atoms with Crippen molar-refractivity contribution in [1.82, 2.24) is 0 Å². The number of nitrogens with one attached hydrogen (secondary N) is 1. The maximum absolute atomic E-state index is 12.9. The van der Waals surface area contributed by atoms with Crippen molar-refractivity contribution in [1.29, 1.82) is 10.7 Å². The SMILES string of the molecule is CCOC(=O)C1=C(c2ccc(C)cc2)OC(=N)C(C#N)C1c1ccc(C)cc1. The van der Waals surface area contributed by atoms with Crippen molar-refractivity contribution in [2.45, 2.75) is 26.7 Å². The molecular formula is C23H22N2O3. The van der Waals surface area contributed by atoms with Crippen molar-refractivity contribution in [3.63, 3.8) is 0 Å². The Labute approximate surface area is 164 Å². The zero-order chi connectivity index (χ0) is 20.3. The van der Waals surface area contributed by atoms with Gasteiger partial charge >= 0.3 is 5.97 Å². The molecule has 0 spiro atoms. The molecule has 0 fully saturated rings. The number of nitriles is 1. The van der Waals surface area contributed by atoms with Gasteiger partial charge in [0.2, 0.25) is 5.90 Å². The van der Waals surface area contributed by atoms with Crippen LogP contribution in [-0.4, -0.2) is 18.5 Å². The van der Waals surface area contributed by atoms with E-state index in [0.717, 1.165) is 16.7 Å². The van der Waals surface area contributed by atoms with E-state index >= 15 is 0 Å². The number of carbonyl (C=O) groups is 1. The first-order chi connectivity index (χ1) is 13.5. The fourth-order valence-corrected chi connectivity index (χ4v) is 3.30. The van der Waals surface area contributed by atoms with E-state index in [2.05, 4.69) is 6.07 Å². The predicted molar refractivity (Wildman–Crippen MR) is 107 cm³/mol. The first kappa shape index (κ1) is 19.4. The summed E-state index contributed by atoms with van der Waals surface area (Å²) in [4.78, 5) is 12.9. The number of esters is 1. The third-order valence-corrected chi connectivity index (χ3v) is 4.77. The van der Waals surface area contributed by atoms with E-state index in [1.165, 1.54) is 0 Å². The highest BCUT2D eigenvalue weighted by Gasteiger charge is 2.42. The predicted octanol–water partition coefficient (Wildman–Crippen LogP) is 4.51. The first-order valence-electron chi connectivity index (χ1n) is 9.17. The van der Waals surface area contributed by atoms with Crippen LogP contribution >= 0.6 is 0 Å². The number of hydrogen-bond acceptors (Lipinski definition) is 5. The molecular weight excluding hydrogens is 352 g/mol. The molecule has 1 aliphatic rings. The average Bonchev–Trinajstić information content (AvgIpc) is 2.68. The van der Waals surface area contributed by atoms with Crippen LogP contribution in [0.15, 0.2) is 54.1 Å². The zero-order valence-electron chi connectivity index (χ0n) is 16.2. The van der Waals surface area contributed by atoms with Crippen molar-refractivity contribution in [2.24, 2.45) is 5.92 Å². The number of ether oxygens (including phenoxy) is 2. The summed E-state index contributed by atoms with van der Waals surface area (Å²) in [7, 11) is 0. The molecule has 0 amide bonds. The van der Waals surface area contributed by atoms with Gasteiger partial charge in [-0.3, -0.25) is 5.41 Å². The van der Waals surface area contributed by atoms with Gasteiger partial charge in [0.05, 0.1) is 18.2 Å². The van der Waals surface area contributed by atoms with Crippen LogP contribution in [0.5, 0.6) is 0 Å². The molecule has 0 aromatic heterocycles. The summed E-state index contributed by atoms with van der Waals surface area (Å²) in [6, 6.07) is 17.3. The molecule has 3 rings (SSSR count). The van der Waals surface area contributed by atoms with E-state index in [9.17, 15) is 10.1 Å². The molecule has 2 aromatic carbocycles. The van der Waals surface area contributed by atoms with Crippen molar-refractivity contribution in [3.05, 3.63) is 76.4 Å². The van der Waals surface area contributed by atoms with Gasteiger partial charge in [0.15, 0.2) is 0 Å². The topological polar surface area (TPSA) is 83.2 Å². The number of rotatable bonds is 4. The summed E-state index contributed by atoms with van der Waals surface area (Å²) in [6.07, 6.45) is 0. The Balaban J connectivity index is 2.26. The second kappa shape index (κ2) is 8.10. The number of aryl methyl sites for hydroxylation is 2. The van der Waals surface area contributed by atoms with Gasteiger partial charge in [0.25, 0.3) is 0 Å². The van der Waals surface area contributed by atoms with Crippen LogP contribution in [0, 0.1) is 36.5 Å². The van der Waals surface area contributed by atoms with Crippen LogP contribution in [-0.2, 0) is 14.3 Å². The molecule has 0 aliphatic carbocycles. The quantitative estimate of drug-likeness (QED) is 0.798. The Kier molecular flexibility index (Phi) is 5.60. The lowest BCUT2D eigenvalue weighted by atomic mass is 9.77. The molecule has 2 unspecified atom stereocenters. The lowest BCUT2D eigenvalue weighted by Gasteiger charge is -2.31. The average molecular weight is 374 g/mol. The van der Waals surface area contributed by atoms with E-state index in [-0.39, 0.29) is 23.8 Å². The van der Waals surface area contributed by atoms with Crippen LogP contribution < -0.4 is 0 Å². The molecule has 0 bridgehead atoms. The highest BCUT2D eigenvalue weighted by molar-refractivity contribution is 6.03. The van der Waals surface area contributed by atoms with Crippen LogP contribution in [0.25, 0.3) is 5.76 Å². The smallest absolute Gasteiger partial charge is 0.338 e. The lowest BCUT2D eigenvalue weighted by Crippen LogP contribution is -2.33. The van der Waals surface area contributed by atoms with Crippen molar-refractivity contribution in [2.75, 3.05) is 6.61 Å². The van der Waals surface area contributed by atoms with E-state index in [1.54, 1.807) is 6.92 Å². The minimum absolute atomic E-state index is 0.170. The molecule has 0 saturated carbocycles. The molecule has 0 saturated heterocycles. The highest BCUT2D eigenvalue weighted by atomic mass is 16.5. The lowest BCUT2D eigenvalue weighted by molar-refractivity contribution is -0.139. The van der Waals surface area contributed by atoms with Gasteiger partial charge < -0.3 is 9.47 Å². The van der Waals surface area contributed by atoms with Crippen molar-refractivity contribution in [3.8, 4) is 6.07 Å². The summed E-state index contributed by atoms with van der Waals surface area (Å²) < 4.78 is 11.0. The van der Waals surface area contributed by atoms with E-state index in [0.29, 0.717) is 5.56 Å². The minimum atomic E-state index is -0.906. The molecule has 1 heterocycles. The van der Waals surface area contributed by atoms with Crippen LogP contribution in [0.3, 0.4) is 0 Å². The minimum Gasteiger partial charge on any atom is -0.463 e. The normalized spacial score (nSPS) is 19.0. The number of hydrogen-bond donors (Lipinski definition) is 1. The third kappa shape index (κ3) is 3.67. The van der Waals surface area contributed by atoms with Crippen LogP contribution in [0.2, 0.25) is 0 Å². The van der Waals surface area contributed by atoms with Gasteiger partial charge in [-0.2, -0.15) is 5.26 Å². The van der Waals surface area contributed by atoms with Gasteiger partial charge in [0, 0.05) is 11.5 Å². The van der Waals surface area contributed by atoms with Gasteiger partial charge in [-0.25, -0.2) is 4.79 Å². The Hall–Kier alpha value is -3.39. The first-order valence-corrected chi connectivity index (χ1v) is 9.17. The molecule has 1 N–H and O–H groups in total.